The maximum Gasteiger partial charge on any atom is 0.178 e. The summed E-state index contributed by atoms with van der Waals surface area (Å²) in [5.41, 5.74) is 3.06. The Hall–Kier alpha value is -1.78. The van der Waals surface area contributed by atoms with E-state index in [2.05, 4.69) is 4.98 Å². The van der Waals surface area contributed by atoms with Gasteiger partial charge in [0.1, 0.15) is 5.75 Å². The molecule has 2 aromatic carbocycles. The lowest BCUT2D eigenvalue weighted by atomic mass is 10.2. The van der Waals surface area contributed by atoms with Crippen molar-refractivity contribution in [2.45, 2.75) is 6.54 Å². The summed E-state index contributed by atoms with van der Waals surface area (Å²) in [5, 5.41) is 0.693. The number of ether oxygens (including phenoxy) is 1. The van der Waals surface area contributed by atoms with Gasteiger partial charge in [-0.05, 0) is 36.5 Å². The lowest BCUT2D eigenvalue weighted by Crippen LogP contribution is -2.01. The number of halogens is 1. The fourth-order valence-corrected chi connectivity index (χ4v) is 2.74. The molecule has 0 saturated heterocycles. The van der Waals surface area contributed by atoms with Gasteiger partial charge in [-0.3, -0.25) is 0 Å². The van der Waals surface area contributed by atoms with E-state index in [-0.39, 0.29) is 0 Å². The van der Waals surface area contributed by atoms with E-state index >= 15 is 0 Å². The Bertz CT molecular complexity index is 822. The van der Waals surface area contributed by atoms with E-state index < -0.39 is 0 Å². The standard InChI is InChI=1S/C15H13ClN2OS/c1-19-14-5-3-2-4-10(14)9-18-13-7-6-11(16)8-12(13)17-15(18)20/h2-8H,9H2,1H3,(H,17,20). The third-order valence-corrected chi connectivity index (χ3v) is 3.81. The molecule has 1 aromatic heterocycles. The first-order valence-corrected chi connectivity index (χ1v) is 6.97. The Balaban J connectivity index is 2.11. The van der Waals surface area contributed by atoms with Crippen LogP contribution in [0.3, 0.4) is 0 Å². The topological polar surface area (TPSA) is 29.9 Å². The van der Waals surface area contributed by atoms with Crippen LogP contribution < -0.4 is 4.74 Å². The van der Waals surface area contributed by atoms with Crippen molar-refractivity contribution in [1.29, 1.82) is 0 Å². The number of methoxy groups -OCH3 is 1. The number of aromatic amines is 1. The third-order valence-electron chi connectivity index (χ3n) is 3.26. The van der Waals surface area contributed by atoms with E-state index in [4.69, 9.17) is 28.6 Å². The number of para-hydroxylation sites is 1. The highest BCUT2D eigenvalue weighted by Crippen LogP contribution is 2.23. The fourth-order valence-electron chi connectivity index (χ4n) is 2.30. The van der Waals surface area contributed by atoms with Crippen molar-refractivity contribution < 1.29 is 4.74 Å². The molecule has 3 aromatic rings. The molecule has 0 atom stereocenters. The number of hydrogen-bond donors (Lipinski definition) is 1. The van der Waals surface area contributed by atoms with E-state index in [0.717, 1.165) is 22.3 Å². The Kier molecular flexibility index (Phi) is 3.51. The molecule has 3 nitrogen and oxygen atoms in total. The van der Waals surface area contributed by atoms with Crippen LogP contribution in [-0.4, -0.2) is 16.7 Å². The van der Waals surface area contributed by atoms with Crippen LogP contribution in [0.2, 0.25) is 5.02 Å². The van der Waals surface area contributed by atoms with Crippen LogP contribution >= 0.6 is 23.8 Å². The van der Waals surface area contributed by atoms with Crippen LogP contribution in [0.4, 0.5) is 0 Å². The molecule has 0 saturated carbocycles. The average Bonchev–Trinajstić information content (AvgIpc) is 2.75. The summed E-state index contributed by atoms with van der Waals surface area (Å²) < 4.78 is 8.10. The molecule has 0 aliphatic heterocycles. The van der Waals surface area contributed by atoms with Crippen LogP contribution in [0.25, 0.3) is 11.0 Å². The van der Waals surface area contributed by atoms with Crippen LogP contribution in [0, 0.1) is 4.77 Å². The van der Waals surface area contributed by atoms with Crippen LogP contribution in [0.1, 0.15) is 5.56 Å². The molecule has 20 heavy (non-hydrogen) atoms. The monoisotopic (exact) mass is 304 g/mol. The van der Waals surface area contributed by atoms with E-state index in [1.54, 1.807) is 7.11 Å². The van der Waals surface area contributed by atoms with Crippen LogP contribution in [0.15, 0.2) is 42.5 Å². The van der Waals surface area contributed by atoms with Crippen LogP contribution in [0.5, 0.6) is 5.75 Å². The van der Waals surface area contributed by atoms with E-state index in [1.807, 2.05) is 47.0 Å². The third kappa shape index (κ3) is 2.32. The van der Waals surface area contributed by atoms with E-state index in [9.17, 15) is 0 Å². The van der Waals surface area contributed by atoms with Crippen molar-refractivity contribution in [1.82, 2.24) is 9.55 Å². The van der Waals surface area contributed by atoms with Gasteiger partial charge in [-0.25, -0.2) is 0 Å². The second-order valence-corrected chi connectivity index (χ2v) is 5.31. The van der Waals surface area contributed by atoms with Gasteiger partial charge >= 0.3 is 0 Å². The van der Waals surface area contributed by atoms with Gasteiger partial charge in [0.2, 0.25) is 0 Å². The summed E-state index contributed by atoms with van der Waals surface area (Å²) in [4.78, 5) is 3.18. The molecule has 5 heteroatoms. The molecule has 1 N–H and O–H groups in total. The highest BCUT2D eigenvalue weighted by molar-refractivity contribution is 7.71. The maximum atomic E-state index is 6.00. The zero-order chi connectivity index (χ0) is 14.1. The lowest BCUT2D eigenvalue weighted by Gasteiger charge is -2.09. The Morgan fingerprint density at radius 3 is 2.85 bits per heavy atom. The molecule has 102 valence electrons. The quantitative estimate of drug-likeness (QED) is 0.726. The van der Waals surface area contributed by atoms with Crippen molar-refractivity contribution in [3.63, 3.8) is 0 Å². The molecule has 0 bridgehead atoms. The number of benzene rings is 2. The van der Waals surface area contributed by atoms with Gasteiger partial charge in [-0.1, -0.05) is 29.8 Å². The number of fused-ring (bicyclic) bond motifs is 1. The molecule has 1 heterocycles. The minimum Gasteiger partial charge on any atom is -0.496 e. The first-order chi connectivity index (χ1) is 9.69. The van der Waals surface area contributed by atoms with E-state index in [0.29, 0.717) is 16.3 Å². The molecular weight excluding hydrogens is 292 g/mol. The zero-order valence-electron chi connectivity index (χ0n) is 10.9. The minimum atomic E-state index is 0.657. The first kappa shape index (κ1) is 13.2. The number of imidazole rings is 1. The number of nitrogens with zero attached hydrogens (tertiary/aromatic N) is 1. The predicted octanol–water partition coefficient (Wildman–Crippen LogP) is 4.41. The van der Waals surface area contributed by atoms with Gasteiger partial charge in [-0.15, -0.1) is 0 Å². The van der Waals surface area contributed by atoms with Gasteiger partial charge in [0, 0.05) is 10.6 Å². The minimum absolute atomic E-state index is 0.657. The second kappa shape index (κ2) is 5.31. The van der Waals surface area contributed by atoms with Crippen molar-refractivity contribution in [3.8, 4) is 5.75 Å². The second-order valence-electron chi connectivity index (χ2n) is 4.49. The number of nitrogens with one attached hydrogen (secondary N) is 1. The normalized spacial score (nSPS) is 10.9. The molecule has 0 aliphatic rings. The summed E-state index contributed by atoms with van der Waals surface area (Å²) in [6.07, 6.45) is 0. The van der Waals surface area contributed by atoms with Gasteiger partial charge in [0.05, 0.1) is 24.7 Å². The zero-order valence-corrected chi connectivity index (χ0v) is 12.5. The molecule has 3 rings (SSSR count). The lowest BCUT2D eigenvalue weighted by molar-refractivity contribution is 0.408. The molecule has 0 aliphatic carbocycles. The summed E-state index contributed by atoms with van der Waals surface area (Å²) >= 11 is 11.4. The van der Waals surface area contributed by atoms with Crippen molar-refractivity contribution in [2.24, 2.45) is 0 Å². The highest BCUT2D eigenvalue weighted by Gasteiger charge is 2.08. The summed E-state index contributed by atoms with van der Waals surface area (Å²) in [7, 11) is 1.67. The number of H-pyrrole nitrogens is 1. The number of hydrogen-bond acceptors (Lipinski definition) is 2. The van der Waals surface area contributed by atoms with Gasteiger partial charge < -0.3 is 14.3 Å². The molecule has 0 radical (unpaired) electrons. The van der Waals surface area contributed by atoms with Crippen LogP contribution in [-0.2, 0) is 6.54 Å². The number of rotatable bonds is 3. The average molecular weight is 305 g/mol. The maximum absolute atomic E-state index is 6.00. The van der Waals surface area contributed by atoms with Crippen molar-refractivity contribution >= 4 is 34.9 Å². The highest BCUT2D eigenvalue weighted by atomic mass is 35.5. The smallest absolute Gasteiger partial charge is 0.178 e. The largest absolute Gasteiger partial charge is 0.496 e. The molecule has 0 unspecified atom stereocenters. The van der Waals surface area contributed by atoms with E-state index in [1.165, 1.54) is 0 Å². The van der Waals surface area contributed by atoms with Crippen molar-refractivity contribution in [3.05, 3.63) is 57.8 Å². The predicted molar refractivity (Wildman–Crippen MR) is 84.2 cm³/mol. The summed E-state index contributed by atoms with van der Waals surface area (Å²) in [6, 6.07) is 13.7. The Labute approximate surface area is 126 Å². The molecule has 0 fully saturated rings. The summed E-state index contributed by atoms with van der Waals surface area (Å²) in [5.74, 6) is 0.859. The molecule has 0 spiro atoms. The molecule has 0 amide bonds. The molecular formula is C15H13ClN2OS. The van der Waals surface area contributed by atoms with Gasteiger partial charge in [-0.2, -0.15) is 0 Å². The Morgan fingerprint density at radius 2 is 2.05 bits per heavy atom. The van der Waals surface area contributed by atoms with Crippen molar-refractivity contribution in [2.75, 3.05) is 7.11 Å². The number of aromatic nitrogens is 2. The fraction of sp³-hybridized carbons (Fsp3) is 0.133. The SMILES string of the molecule is COc1ccccc1Cn1c(=S)[nH]c2cc(Cl)ccc21. The Morgan fingerprint density at radius 1 is 1.25 bits per heavy atom. The summed E-state index contributed by atoms with van der Waals surface area (Å²) in [6.45, 7) is 0.657. The first-order valence-electron chi connectivity index (χ1n) is 6.19. The van der Waals surface area contributed by atoms with Gasteiger partial charge in [0.25, 0.3) is 0 Å². The van der Waals surface area contributed by atoms with Gasteiger partial charge in [0.15, 0.2) is 4.77 Å².